The normalized spacial score (nSPS) is 15.8. The third kappa shape index (κ3) is 4.10. The minimum atomic E-state index is -0.166. The Bertz CT molecular complexity index is 344. The van der Waals surface area contributed by atoms with E-state index in [-0.39, 0.29) is 12.5 Å². The van der Waals surface area contributed by atoms with Gasteiger partial charge in [0, 0.05) is 5.69 Å². The van der Waals surface area contributed by atoms with Gasteiger partial charge in [0.15, 0.2) is 0 Å². The van der Waals surface area contributed by atoms with Crippen molar-refractivity contribution in [2.75, 3.05) is 18.5 Å². The molecule has 0 unspecified atom stereocenters. The summed E-state index contributed by atoms with van der Waals surface area (Å²) < 4.78 is 5.25. The SMILES string of the molecule is O=C(CNc1ccccc1)OCC1CCCC1. The van der Waals surface area contributed by atoms with Gasteiger partial charge in [-0.2, -0.15) is 0 Å². The molecule has 3 heteroatoms. The van der Waals surface area contributed by atoms with Gasteiger partial charge in [0.2, 0.25) is 0 Å². The molecule has 92 valence electrons. The Kier molecular flexibility index (Phi) is 4.42. The fraction of sp³-hybridized carbons (Fsp3) is 0.500. The highest BCUT2D eigenvalue weighted by atomic mass is 16.5. The first-order chi connectivity index (χ1) is 8.34. The molecule has 1 N–H and O–H groups in total. The van der Waals surface area contributed by atoms with Crippen LogP contribution in [0.3, 0.4) is 0 Å². The van der Waals surface area contributed by atoms with Gasteiger partial charge in [0.05, 0.1) is 6.61 Å². The first-order valence-corrected chi connectivity index (χ1v) is 6.29. The number of nitrogens with one attached hydrogen (secondary N) is 1. The van der Waals surface area contributed by atoms with E-state index < -0.39 is 0 Å². The average molecular weight is 233 g/mol. The molecule has 0 aromatic heterocycles. The third-order valence-electron chi connectivity index (χ3n) is 3.17. The molecule has 2 rings (SSSR count). The number of ether oxygens (including phenoxy) is 1. The van der Waals surface area contributed by atoms with Crippen LogP contribution in [0.4, 0.5) is 5.69 Å². The summed E-state index contributed by atoms with van der Waals surface area (Å²) in [4.78, 5) is 11.5. The zero-order valence-corrected chi connectivity index (χ0v) is 10.0. The van der Waals surface area contributed by atoms with Crippen molar-refractivity contribution in [3.63, 3.8) is 0 Å². The zero-order valence-electron chi connectivity index (χ0n) is 10.0. The van der Waals surface area contributed by atoms with Gasteiger partial charge in [0.25, 0.3) is 0 Å². The quantitative estimate of drug-likeness (QED) is 0.795. The van der Waals surface area contributed by atoms with Crippen molar-refractivity contribution < 1.29 is 9.53 Å². The molecule has 1 aromatic rings. The maximum atomic E-state index is 11.5. The maximum absolute atomic E-state index is 11.5. The van der Waals surface area contributed by atoms with E-state index in [4.69, 9.17) is 4.74 Å². The lowest BCUT2D eigenvalue weighted by Gasteiger charge is -2.10. The van der Waals surface area contributed by atoms with Crippen LogP contribution in [0.2, 0.25) is 0 Å². The highest BCUT2D eigenvalue weighted by molar-refractivity contribution is 5.74. The van der Waals surface area contributed by atoms with E-state index in [0.717, 1.165) is 5.69 Å². The van der Waals surface area contributed by atoms with Crippen LogP contribution in [0.25, 0.3) is 0 Å². The molecule has 1 saturated carbocycles. The summed E-state index contributed by atoms with van der Waals surface area (Å²) >= 11 is 0. The number of carbonyl (C=O) groups is 1. The molecule has 1 aliphatic rings. The Morgan fingerprint density at radius 2 is 1.94 bits per heavy atom. The molecule has 1 aromatic carbocycles. The van der Waals surface area contributed by atoms with Crippen molar-refractivity contribution in [1.29, 1.82) is 0 Å². The van der Waals surface area contributed by atoms with Crippen LogP contribution in [0.1, 0.15) is 25.7 Å². The minimum Gasteiger partial charge on any atom is -0.464 e. The summed E-state index contributed by atoms with van der Waals surface area (Å²) in [5.74, 6) is 0.427. The Morgan fingerprint density at radius 3 is 2.65 bits per heavy atom. The fourth-order valence-electron chi connectivity index (χ4n) is 2.17. The van der Waals surface area contributed by atoms with Gasteiger partial charge >= 0.3 is 5.97 Å². The molecule has 0 aliphatic heterocycles. The van der Waals surface area contributed by atoms with E-state index in [1.54, 1.807) is 0 Å². The van der Waals surface area contributed by atoms with Crippen LogP contribution < -0.4 is 5.32 Å². The molecular weight excluding hydrogens is 214 g/mol. The number of anilines is 1. The standard InChI is InChI=1S/C14H19NO2/c16-14(17-11-12-6-4-5-7-12)10-15-13-8-2-1-3-9-13/h1-3,8-9,12,15H,4-7,10-11H2. The zero-order chi connectivity index (χ0) is 11.9. The van der Waals surface area contributed by atoms with Crippen molar-refractivity contribution in [2.24, 2.45) is 5.92 Å². The molecule has 0 atom stereocenters. The van der Waals surface area contributed by atoms with Crippen molar-refractivity contribution in [3.8, 4) is 0 Å². The van der Waals surface area contributed by atoms with Crippen LogP contribution >= 0.6 is 0 Å². The molecule has 17 heavy (non-hydrogen) atoms. The highest BCUT2D eigenvalue weighted by Crippen LogP contribution is 2.24. The van der Waals surface area contributed by atoms with Crippen molar-refractivity contribution in [3.05, 3.63) is 30.3 Å². The van der Waals surface area contributed by atoms with Gasteiger partial charge in [-0.3, -0.25) is 4.79 Å². The van der Waals surface area contributed by atoms with E-state index >= 15 is 0 Å². The first kappa shape index (κ1) is 12.0. The van der Waals surface area contributed by atoms with Crippen LogP contribution in [0.15, 0.2) is 30.3 Å². The van der Waals surface area contributed by atoms with Gasteiger partial charge < -0.3 is 10.1 Å². The van der Waals surface area contributed by atoms with Crippen molar-refractivity contribution in [2.45, 2.75) is 25.7 Å². The van der Waals surface area contributed by atoms with E-state index in [2.05, 4.69) is 5.32 Å². The Hall–Kier alpha value is -1.51. The number of benzene rings is 1. The largest absolute Gasteiger partial charge is 0.464 e. The van der Waals surface area contributed by atoms with Gasteiger partial charge in [-0.15, -0.1) is 0 Å². The second kappa shape index (κ2) is 6.28. The molecule has 0 spiro atoms. The maximum Gasteiger partial charge on any atom is 0.325 e. The summed E-state index contributed by atoms with van der Waals surface area (Å²) in [6.07, 6.45) is 4.98. The number of rotatable bonds is 5. The van der Waals surface area contributed by atoms with Gasteiger partial charge in [-0.25, -0.2) is 0 Å². The first-order valence-electron chi connectivity index (χ1n) is 6.29. The summed E-state index contributed by atoms with van der Waals surface area (Å²) in [6, 6.07) is 9.69. The Morgan fingerprint density at radius 1 is 1.24 bits per heavy atom. The molecule has 1 fully saturated rings. The summed E-state index contributed by atoms with van der Waals surface area (Å²) in [7, 11) is 0. The monoisotopic (exact) mass is 233 g/mol. The second-order valence-electron chi connectivity index (χ2n) is 4.55. The number of carbonyl (C=O) groups excluding carboxylic acids is 1. The molecule has 0 heterocycles. The molecule has 1 aliphatic carbocycles. The summed E-state index contributed by atoms with van der Waals surface area (Å²) in [5, 5.41) is 3.05. The van der Waals surface area contributed by atoms with Crippen LogP contribution in [0.5, 0.6) is 0 Å². The van der Waals surface area contributed by atoms with Crippen LogP contribution in [-0.2, 0) is 9.53 Å². The van der Waals surface area contributed by atoms with E-state index in [9.17, 15) is 4.79 Å². The molecule has 0 amide bonds. The van der Waals surface area contributed by atoms with E-state index in [1.807, 2.05) is 30.3 Å². The van der Waals surface area contributed by atoms with Gasteiger partial charge in [-0.1, -0.05) is 31.0 Å². The lowest BCUT2D eigenvalue weighted by Crippen LogP contribution is -2.19. The molecule has 0 saturated heterocycles. The number of para-hydroxylation sites is 1. The topological polar surface area (TPSA) is 38.3 Å². The molecule has 0 radical (unpaired) electrons. The Labute approximate surface area is 102 Å². The Balaban J connectivity index is 1.64. The number of hydrogen-bond donors (Lipinski definition) is 1. The van der Waals surface area contributed by atoms with Crippen LogP contribution in [-0.4, -0.2) is 19.1 Å². The van der Waals surface area contributed by atoms with Gasteiger partial charge in [0.1, 0.15) is 6.54 Å². The number of esters is 1. The molecule has 0 bridgehead atoms. The molecular formula is C14H19NO2. The molecule has 3 nitrogen and oxygen atoms in total. The predicted octanol–water partition coefficient (Wildman–Crippen LogP) is 2.83. The fourth-order valence-corrected chi connectivity index (χ4v) is 2.17. The lowest BCUT2D eigenvalue weighted by atomic mass is 10.1. The summed E-state index contributed by atoms with van der Waals surface area (Å²) in [6.45, 7) is 0.839. The number of hydrogen-bond acceptors (Lipinski definition) is 3. The lowest BCUT2D eigenvalue weighted by molar-refractivity contribution is -0.142. The third-order valence-corrected chi connectivity index (χ3v) is 3.17. The smallest absolute Gasteiger partial charge is 0.325 e. The highest BCUT2D eigenvalue weighted by Gasteiger charge is 2.16. The predicted molar refractivity (Wildman–Crippen MR) is 67.8 cm³/mol. The second-order valence-corrected chi connectivity index (χ2v) is 4.55. The average Bonchev–Trinajstić information content (AvgIpc) is 2.88. The van der Waals surface area contributed by atoms with Gasteiger partial charge in [-0.05, 0) is 30.9 Å². The van der Waals surface area contributed by atoms with Crippen molar-refractivity contribution in [1.82, 2.24) is 0 Å². The summed E-state index contributed by atoms with van der Waals surface area (Å²) in [5.41, 5.74) is 0.949. The van der Waals surface area contributed by atoms with Crippen LogP contribution in [0, 0.1) is 5.92 Å². The minimum absolute atomic E-state index is 0.166. The van der Waals surface area contributed by atoms with E-state index in [0.29, 0.717) is 12.5 Å². The van der Waals surface area contributed by atoms with E-state index in [1.165, 1.54) is 25.7 Å². The van der Waals surface area contributed by atoms with Crippen molar-refractivity contribution >= 4 is 11.7 Å².